The molecule has 1 heterocycles. The summed E-state index contributed by atoms with van der Waals surface area (Å²) in [5, 5.41) is 0. The van der Waals surface area contributed by atoms with Gasteiger partial charge in [0.1, 0.15) is 0 Å². The van der Waals surface area contributed by atoms with Crippen molar-refractivity contribution in [3.05, 3.63) is 64.7 Å². The number of hydrogen-bond acceptors (Lipinski definition) is 5. The third-order valence-corrected chi connectivity index (χ3v) is 10.7. The number of benzene rings is 2. The van der Waals surface area contributed by atoms with Gasteiger partial charge in [0.25, 0.3) is 0 Å². The molecule has 0 N–H and O–H groups in total. The molecule has 0 aromatic heterocycles. The van der Waals surface area contributed by atoms with E-state index in [1.54, 1.807) is 30.3 Å². The fraction of sp³-hybridized carbons (Fsp3) is 0.385. The zero-order chi connectivity index (χ0) is 24.3. The normalized spacial score (nSPS) is 29.5. The van der Waals surface area contributed by atoms with Crippen LogP contribution in [0.4, 0.5) is 5.69 Å². The predicted molar refractivity (Wildman–Crippen MR) is 133 cm³/mol. The number of esters is 1. The summed E-state index contributed by atoms with van der Waals surface area (Å²) in [6, 6.07) is 11.6. The summed E-state index contributed by atoms with van der Waals surface area (Å²) < 4.78 is 5.24. The zero-order valence-electron chi connectivity index (χ0n) is 18.7. The molecule has 2 bridgehead atoms. The van der Waals surface area contributed by atoms with Gasteiger partial charge in [-0.1, -0.05) is 50.1 Å². The first-order chi connectivity index (χ1) is 16.2. The van der Waals surface area contributed by atoms with Crippen LogP contribution in [0, 0.1) is 37.5 Å². The molecule has 0 radical (unpaired) electrons. The van der Waals surface area contributed by atoms with Gasteiger partial charge in [-0.15, -0.1) is 0 Å². The lowest BCUT2D eigenvalue weighted by molar-refractivity contribution is -0.123. The van der Waals surface area contributed by atoms with Crippen molar-refractivity contribution in [2.75, 3.05) is 11.5 Å². The summed E-state index contributed by atoms with van der Waals surface area (Å²) in [5.41, 5.74) is 3.08. The number of halogens is 2. The number of amides is 2. The van der Waals surface area contributed by atoms with E-state index in [0.29, 0.717) is 11.3 Å². The van der Waals surface area contributed by atoms with Gasteiger partial charge in [-0.3, -0.25) is 19.3 Å². The van der Waals surface area contributed by atoms with Crippen LogP contribution in [-0.4, -0.2) is 39.8 Å². The van der Waals surface area contributed by atoms with Crippen LogP contribution in [0.1, 0.15) is 38.3 Å². The minimum atomic E-state index is -0.681. The maximum absolute atomic E-state index is 13.3. The summed E-state index contributed by atoms with van der Waals surface area (Å²) in [5.74, 6) is -1.82. The molecule has 2 aromatic carbocycles. The highest BCUT2D eigenvalue weighted by molar-refractivity contribution is 9.12. The third-order valence-electron chi connectivity index (χ3n) is 7.49. The van der Waals surface area contributed by atoms with E-state index < -0.39 is 5.97 Å². The molecule has 3 fully saturated rings. The first-order valence-corrected chi connectivity index (χ1v) is 13.1. The highest BCUT2D eigenvalue weighted by atomic mass is 79.9. The van der Waals surface area contributed by atoms with Gasteiger partial charge in [-0.25, -0.2) is 4.79 Å². The number of ketones is 1. The van der Waals surface area contributed by atoms with Crippen LogP contribution in [0.3, 0.4) is 0 Å². The smallest absolute Gasteiger partial charge is 0.338 e. The molecular weight excluding hydrogens is 566 g/mol. The monoisotopic (exact) mass is 587 g/mol. The van der Waals surface area contributed by atoms with Gasteiger partial charge in [0.2, 0.25) is 11.8 Å². The number of aryl methyl sites for hydroxylation is 2. The third kappa shape index (κ3) is 3.66. The average molecular weight is 589 g/mol. The predicted octanol–water partition coefficient (Wildman–Crippen LogP) is 4.63. The minimum Gasteiger partial charge on any atom is -0.454 e. The largest absolute Gasteiger partial charge is 0.454 e. The van der Waals surface area contributed by atoms with Crippen LogP contribution in [0.25, 0.3) is 0 Å². The number of rotatable bonds is 5. The highest BCUT2D eigenvalue weighted by Gasteiger charge is 2.66. The molecule has 2 aliphatic carbocycles. The van der Waals surface area contributed by atoms with E-state index in [-0.39, 0.29) is 63.1 Å². The van der Waals surface area contributed by atoms with Crippen LogP contribution < -0.4 is 4.90 Å². The van der Waals surface area contributed by atoms with Crippen molar-refractivity contribution in [1.82, 2.24) is 0 Å². The van der Waals surface area contributed by atoms with E-state index >= 15 is 0 Å². The van der Waals surface area contributed by atoms with Crippen LogP contribution in [-0.2, 0) is 14.3 Å². The van der Waals surface area contributed by atoms with Crippen molar-refractivity contribution in [3.63, 3.8) is 0 Å². The first kappa shape index (κ1) is 23.4. The molecule has 0 spiro atoms. The number of carbonyl (C=O) groups excluding carboxylic acids is 4. The molecule has 8 heteroatoms. The van der Waals surface area contributed by atoms with Gasteiger partial charge in [0, 0.05) is 15.2 Å². The SMILES string of the molecule is Cc1ccc(C(=O)COC(=O)c2cccc(N3C(=O)[C@@H]4[C@@H]5C[C@H]([C@H](Br)[C@@H]5Br)[C@@H]4C3=O)c2)cc1C. The molecular formula is C26H23Br2NO5. The molecule has 6 atom stereocenters. The quantitative estimate of drug-likeness (QED) is 0.220. The lowest BCUT2D eigenvalue weighted by atomic mass is 9.81. The summed E-state index contributed by atoms with van der Waals surface area (Å²) in [7, 11) is 0. The van der Waals surface area contributed by atoms with Crippen LogP contribution in [0.2, 0.25) is 0 Å². The Hall–Kier alpha value is -2.32. The molecule has 3 aliphatic rings. The fourth-order valence-corrected chi connectivity index (χ4v) is 7.46. The number of hydrogen-bond donors (Lipinski definition) is 0. The number of anilines is 1. The summed E-state index contributed by atoms with van der Waals surface area (Å²) in [6.45, 7) is 3.49. The van der Waals surface area contributed by atoms with Gasteiger partial charge < -0.3 is 4.74 Å². The number of fused-ring (bicyclic) bond motifs is 5. The van der Waals surface area contributed by atoms with Crippen molar-refractivity contribution in [2.24, 2.45) is 23.7 Å². The van der Waals surface area contributed by atoms with Crippen LogP contribution in [0.5, 0.6) is 0 Å². The maximum atomic E-state index is 13.3. The Labute approximate surface area is 214 Å². The second-order valence-electron chi connectivity index (χ2n) is 9.36. The Morgan fingerprint density at radius 3 is 2.18 bits per heavy atom. The van der Waals surface area contributed by atoms with Crippen LogP contribution in [0.15, 0.2) is 42.5 Å². The molecule has 34 heavy (non-hydrogen) atoms. The summed E-state index contributed by atoms with van der Waals surface area (Å²) >= 11 is 7.37. The van der Waals surface area contributed by atoms with Crippen molar-refractivity contribution in [1.29, 1.82) is 0 Å². The molecule has 5 rings (SSSR count). The zero-order valence-corrected chi connectivity index (χ0v) is 21.8. The summed E-state index contributed by atoms with van der Waals surface area (Å²) in [6.07, 6.45) is 0.855. The Bertz CT molecular complexity index is 1200. The van der Waals surface area contributed by atoms with Crippen molar-refractivity contribution < 1.29 is 23.9 Å². The van der Waals surface area contributed by atoms with Gasteiger partial charge in [0.15, 0.2) is 12.4 Å². The molecule has 176 valence electrons. The minimum absolute atomic E-state index is 0.116. The lowest BCUT2D eigenvalue weighted by Crippen LogP contribution is -2.37. The van der Waals surface area contributed by atoms with Crippen molar-refractivity contribution >= 4 is 61.1 Å². The van der Waals surface area contributed by atoms with Crippen molar-refractivity contribution in [3.8, 4) is 0 Å². The first-order valence-electron chi connectivity index (χ1n) is 11.2. The maximum Gasteiger partial charge on any atom is 0.338 e. The number of imide groups is 1. The second-order valence-corrected chi connectivity index (χ2v) is 11.5. The average Bonchev–Trinajstić information content (AvgIpc) is 3.43. The molecule has 2 saturated carbocycles. The topological polar surface area (TPSA) is 80.8 Å². The van der Waals surface area contributed by atoms with Crippen molar-refractivity contribution in [2.45, 2.75) is 29.9 Å². The van der Waals surface area contributed by atoms with E-state index in [0.717, 1.165) is 17.5 Å². The second kappa shape index (κ2) is 8.72. The highest BCUT2D eigenvalue weighted by Crippen LogP contribution is 2.60. The Morgan fingerprint density at radius 2 is 1.56 bits per heavy atom. The summed E-state index contributed by atoms with van der Waals surface area (Å²) in [4.78, 5) is 53.1. The van der Waals surface area contributed by atoms with Gasteiger partial charge in [-0.2, -0.15) is 0 Å². The van der Waals surface area contributed by atoms with Gasteiger partial charge in [-0.05, 0) is 67.5 Å². The van der Waals surface area contributed by atoms with Crippen LogP contribution >= 0.6 is 31.9 Å². The van der Waals surface area contributed by atoms with E-state index in [2.05, 4.69) is 31.9 Å². The molecule has 1 saturated heterocycles. The fourth-order valence-electron chi connectivity index (χ4n) is 5.59. The lowest BCUT2D eigenvalue weighted by Gasteiger charge is -2.28. The van der Waals surface area contributed by atoms with Gasteiger partial charge >= 0.3 is 5.97 Å². The Balaban J connectivity index is 1.30. The molecule has 6 nitrogen and oxygen atoms in total. The number of carbonyl (C=O) groups is 4. The number of alkyl halides is 2. The number of nitrogens with zero attached hydrogens (tertiary/aromatic N) is 1. The Kier molecular flexibility index (Phi) is 6.01. The molecule has 1 aliphatic heterocycles. The van der Waals surface area contributed by atoms with E-state index in [1.807, 2.05) is 19.9 Å². The number of Topliss-reactive ketones (excluding diaryl/α,β-unsaturated/α-hetero) is 1. The van der Waals surface area contributed by atoms with E-state index in [9.17, 15) is 19.2 Å². The van der Waals surface area contributed by atoms with E-state index in [1.165, 1.54) is 11.0 Å². The molecule has 2 aromatic rings. The molecule has 0 unspecified atom stereocenters. The Morgan fingerprint density at radius 1 is 0.912 bits per heavy atom. The number of ether oxygens (including phenoxy) is 1. The standard InChI is InChI=1S/C26H23Br2NO5/c1-12-6-7-14(8-13(12)2)19(30)11-34-26(33)15-4-3-5-16(9-15)29-24(31)20-17-10-18(21(20)25(29)32)23(28)22(17)27/h3-9,17-18,20-23H,10-11H2,1-2H3/t17-,18-,20-,21+,22-,23+/m0/s1. The van der Waals surface area contributed by atoms with E-state index in [4.69, 9.17) is 4.74 Å². The molecule has 2 amide bonds. The van der Waals surface area contributed by atoms with Gasteiger partial charge in [0.05, 0.1) is 23.1 Å².